The predicted octanol–water partition coefficient (Wildman–Crippen LogP) is 5.30. The van der Waals surface area contributed by atoms with Crippen molar-refractivity contribution in [1.82, 2.24) is 18.9 Å². The molecule has 1 saturated heterocycles. The molecular formula is C21H24IN6OPS. The van der Waals surface area contributed by atoms with E-state index in [0.29, 0.717) is 19.6 Å². The van der Waals surface area contributed by atoms with Gasteiger partial charge in [-0.3, -0.25) is 0 Å². The van der Waals surface area contributed by atoms with Crippen LogP contribution in [0.1, 0.15) is 44.6 Å². The van der Waals surface area contributed by atoms with Gasteiger partial charge in [0.1, 0.15) is 17.0 Å². The molecule has 10 heteroatoms. The molecule has 7 nitrogen and oxygen atoms in total. The summed E-state index contributed by atoms with van der Waals surface area (Å²) in [6.07, 6.45) is 7.50. The van der Waals surface area contributed by atoms with Crippen LogP contribution in [-0.4, -0.2) is 44.7 Å². The number of halogens is 1. The van der Waals surface area contributed by atoms with Crippen LogP contribution in [-0.2, 0) is 10.2 Å². The number of hydrogen-bond donors (Lipinski definition) is 0. The molecule has 1 aliphatic carbocycles. The van der Waals surface area contributed by atoms with E-state index < -0.39 is 5.41 Å². The number of ether oxygens (including phenoxy) is 1. The highest BCUT2D eigenvalue weighted by Gasteiger charge is 2.38. The molecule has 0 N–H and O–H groups in total. The molecule has 0 bridgehead atoms. The molecule has 4 heterocycles. The van der Waals surface area contributed by atoms with Crippen LogP contribution in [0.5, 0.6) is 0 Å². The van der Waals surface area contributed by atoms with E-state index in [1.54, 1.807) is 0 Å². The van der Waals surface area contributed by atoms with Crippen molar-refractivity contribution in [1.29, 1.82) is 5.26 Å². The maximum atomic E-state index is 10.3. The van der Waals surface area contributed by atoms with E-state index in [9.17, 15) is 5.26 Å². The molecule has 0 amide bonds. The van der Waals surface area contributed by atoms with Crippen LogP contribution < -0.4 is 4.90 Å². The van der Waals surface area contributed by atoms with E-state index in [2.05, 4.69) is 51.1 Å². The Bertz CT molecular complexity index is 1130. The number of fused-ring (bicyclic) bond motifs is 1. The monoisotopic (exact) mass is 566 g/mol. The minimum atomic E-state index is -0.460. The van der Waals surface area contributed by atoms with E-state index in [1.807, 2.05) is 16.7 Å². The topological polar surface area (TPSA) is 79.9 Å². The lowest BCUT2D eigenvalue weighted by Gasteiger charge is -2.36. The normalized spacial score (nSPS) is 21.7. The van der Waals surface area contributed by atoms with Crippen molar-refractivity contribution in [2.45, 2.75) is 50.5 Å². The van der Waals surface area contributed by atoms with Gasteiger partial charge in [0.15, 0.2) is 0 Å². The van der Waals surface area contributed by atoms with Gasteiger partial charge in [0.2, 0.25) is 0 Å². The first-order chi connectivity index (χ1) is 15.2. The van der Waals surface area contributed by atoms with Gasteiger partial charge >= 0.3 is 0 Å². The Hall–Kier alpha value is -1.34. The highest BCUT2D eigenvalue weighted by Crippen LogP contribution is 2.46. The number of rotatable bonds is 4. The van der Waals surface area contributed by atoms with Crippen molar-refractivity contribution in [3.05, 3.63) is 23.9 Å². The lowest BCUT2D eigenvalue weighted by molar-refractivity contribution is 0.0985. The Kier molecular flexibility index (Phi) is 6.17. The molecule has 3 aromatic rings. The molecule has 0 aromatic carbocycles. The third-order valence-electron chi connectivity index (χ3n) is 6.48. The minimum Gasteiger partial charge on any atom is -0.377 e. The third-order valence-corrected chi connectivity index (χ3v) is 9.23. The highest BCUT2D eigenvalue weighted by atomic mass is 127. The number of aromatic nitrogens is 4. The Balaban J connectivity index is 1.74. The van der Waals surface area contributed by atoms with Gasteiger partial charge < -0.3 is 9.64 Å². The summed E-state index contributed by atoms with van der Waals surface area (Å²) in [7, 11) is 0. The number of anilines is 1. The zero-order chi connectivity index (χ0) is 21.4. The van der Waals surface area contributed by atoms with Crippen LogP contribution in [0.2, 0.25) is 0 Å². The van der Waals surface area contributed by atoms with Crippen LogP contribution in [0.25, 0.3) is 21.6 Å². The maximum absolute atomic E-state index is 10.3. The molecule has 5 rings (SSSR count). The van der Waals surface area contributed by atoms with Crippen LogP contribution in [0.4, 0.5) is 5.82 Å². The number of nitrogens with zero attached hydrogens (tertiary/aromatic N) is 6. The summed E-state index contributed by atoms with van der Waals surface area (Å²) in [5.41, 5.74) is 3.40. The largest absolute Gasteiger partial charge is 0.377 e. The van der Waals surface area contributed by atoms with Gasteiger partial charge in [0, 0.05) is 12.7 Å². The fourth-order valence-electron chi connectivity index (χ4n) is 4.79. The fraction of sp³-hybridized carbons (Fsp3) is 0.524. The molecule has 2 fully saturated rings. The van der Waals surface area contributed by atoms with Gasteiger partial charge in [-0.25, -0.2) is 9.44 Å². The van der Waals surface area contributed by atoms with E-state index in [1.165, 1.54) is 18.0 Å². The van der Waals surface area contributed by atoms with Crippen LogP contribution >= 0.6 is 39.9 Å². The second-order valence-electron chi connectivity index (χ2n) is 8.32. The van der Waals surface area contributed by atoms with Gasteiger partial charge in [-0.05, 0) is 71.0 Å². The summed E-state index contributed by atoms with van der Waals surface area (Å²) < 4.78 is 13.5. The standard InChI is InChI=1S/C21H24IN6OPS/c1-14-12-29-10-9-27(14)17-11-15(21(13-23)6-3-2-4-7-21)20-19(25-17)18(26-31-20)16-5-8-24-28(16)30-22/h5,8,11,14,30H,2-4,6-7,9-10,12H2,1H3/t14-/m1/s1. The Morgan fingerprint density at radius 3 is 2.94 bits per heavy atom. The number of pyridine rings is 1. The Morgan fingerprint density at radius 2 is 2.19 bits per heavy atom. The lowest BCUT2D eigenvalue weighted by atomic mass is 9.70. The van der Waals surface area contributed by atoms with Crippen LogP contribution in [0.15, 0.2) is 18.3 Å². The summed E-state index contributed by atoms with van der Waals surface area (Å²) in [5.74, 6) is 0.933. The summed E-state index contributed by atoms with van der Waals surface area (Å²) in [6, 6.07) is 7.15. The zero-order valence-corrected chi connectivity index (χ0v) is 21.3. The summed E-state index contributed by atoms with van der Waals surface area (Å²) in [6.45, 7) is 4.36. The summed E-state index contributed by atoms with van der Waals surface area (Å²) in [4.78, 5) is 7.45. The molecule has 1 unspecified atom stereocenters. The summed E-state index contributed by atoms with van der Waals surface area (Å²) in [5, 5.41) is 14.8. The number of hydrogen-bond acceptors (Lipinski definition) is 7. The molecule has 1 aliphatic heterocycles. The Labute approximate surface area is 200 Å². The van der Waals surface area contributed by atoms with Crippen molar-refractivity contribution in [2.24, 2.45) is 0 Å². The van der Waals surface area contributed by atoms with Gasteiger partial charge in [0.25, 0.3) is 0 Å². The molecule has 2 atom stereocenters. The zero-order valence-electron chi connectivity index (χ0n) is 17.3. The first kappa shape index (κ1) is 21.5. The third kappa shape index (κ3) is 3.75. The SMILES string of the molecule is C[C@@H]1COCCN1c1cc(C2(C#N)CCCCC2)c2snc(-c3ccnn3PI)c2n1. The average Bonchev–Trinajstić information content (AvgIpc) is 3.45. The van der Waals surface area contributed by atoms with Crippen molar-refractivity contribution in [2.75, 3.05) is 24.7 Å². The van der Waals surface area contributed by atoms with Gasteiger partial charge in [-0.15, -0.1) is 0 Å². The molecular weight excluding hydrogens is 542 g/mol. The van der Waals surface area contributed by atoms with Crippen molar-refractivity contribution >= 4 is 56.0 Å². The molecule has 2 aliphatic rings. The molecule has 0 spiro atoms. The molecule has 162 valence electrons. The minimum absolute atomic E-state index is 0.243. The van der Waals surface area contributed by atoms with Crippen molar-refractivity contribution in [3.8, 4) is 17.5 Å². The second kappa shape index (κ2) is 8.89. The first-order valence-corrected chi connectivity index (χ1v) is 15.5. The number of nitriles is 1. The lowest BCUT2D eigenvalue weighted by Crippen LogP contribution is -2.44. The summed E-state index contributed by atoms with van der Waals surface area (Å²) >= 11 is 3.81. The Morgan fingerprint density at radius 1 is 1.35 bits per heavy atom. The van der Waals surface area contributed by atoms with Crippen molar-refractivity contribution < 1.29 is 4.74 Å². The van der Waals surface area contributed by atoms with Gasteiger partial charge in [-0.2, -0.15) is 14.7 Å². The molecule has 0 radical (unpaired) electrons. The first-order valence-electron chi connectivity index (χ1n) is 10.6. The predicted molar refractivity (Wildman–Crippen MR) is 134 cm³/mol. The van der Waals surface area contributed by atoms with E-state index in [4.69, 9.17) is 14.1 Å². The van der Waals surface area contributed by atoms with Gasteiger partial charge in [0.05, 0.1) is 47.5 Å². The second-order valence-corrected chi connectivity index (χ2v) is 11.1. The van der Waals surface area contributed by atoms with E-state index in [0.717, 1.165) is 65.2 Å². The smallest absolute Gasteiger partial charge is 0.130 e. The fourth-order valence-corrected chi connectivity index (χ4v) is 7.27. The van der Waals surface area contributed by atoms with E-state index in [-0.39, 0.29) is 6.04 Å². The quantitative estimate of drug-likeness (QED) is 0.315. The average molecular weight is 566 g/mol. The molecule has 31 heavy (non-hydrogen) atoms. The molecule has 3 aromatic heterocycles. The molecule has 1 saturated carbocycles. The maximum Gasteiger partial charge on any atom is 0.130 e. The highest BCUT2D eigenvalue weighted by molar-refractivity contribution is 14.2. The van der Waals surface area contributed by atoms with Crippen LogP contribution in [0, 0.1) is 11.3 Å². The number of morpholine rings is 1. The van der Waals surface area contributed by atoms with Crippen molar-refractivity contribution in [3.63, 3.8) is 0 Å². The van der Waals surface area contributed by atoms with Gasteiger partial charge in [-0.1, -0.05) is 19.3 Å². The van der Waals surface area contributed by atoms with Crippen LogP contribution in [0.3, 0.4) is 0 Å². The van der Waals surface area contributed by atoms with E-state index >= 15 is 0 Å².